The molecule has 0 unspecified atom stereocenters. The van der Waals surface area contributed by atoms with Crippen molar-refractivity contribution in [2.45, 2.75) is 20.0 Å². The maximum atomic E-state index is 13.6. The molecule has 112 valence electrons. The summed E-state index contributed by atoms with van der Waals surface area (Å²) in [6.45, 7) is 2.83. The molecule has 22 heavy (non-hydrogen) atoms. The molecule has 2 aromatic heterocycles. The molecule has 0 atom stereocenters. The number of rotatable bonds is 1. The first-order chi connectivity index (χ1) is 10.5. The molecule has 0 bridgehead atoms. The molecule has 3 heterocycles. The number of H-pyrrole nitrogens is 1. The van der Waals surface area contributed by atoms with Gasteiger partial charge in [-0.1, -0.05) is 0 Å². The van der Waals surface area contributed by atoms with Crippen LogP contribution in [0.4, 0.5) is 4.39 Å². The molecule has 5 nitrogen and oxygen atoms in total. The number of amides is 1. The van der Waals surface area contributed by atoms with Gasteiger partial charge in [-0.25, -0.2) is 4.39 Å². The number of hydrogen-bond donors (Lipinski definition) is 1. The molecule has 3 aromatic rings. The summed E-state index contributed by atoms with van der Waals surface area (Å²) in [5, 5.41) is 4.94. The molecule has 0 aliphatic carbocycles. The number of fused-ring (bicyclic) bond motifs is 2. The van der Waals surface area contributed by atoms with E-state index >= 15 is 0 Å². The summed E-state index contributed by atoms with van der Waals surface area (Å²) >= 11 is 0. The van der Waals surface area contributed by atoms with Crippen LogP contribution in [0.5, 0.6) is 0 Å². The number of benzene rings is 1. The van der Waals surface area contributed by atoms with E-state index in [1.807, 2.05) is 7.05 Å². The van der Waals surface area contributed by atoms with Gasteiger partial charge in [0, 0.05) is 30.1 Å². The summed E-state index contributed by atoms with van der Waals surface area (Å²) in [6.07, 6.45) is 1.80. The average molecular weight is 298 g/mol. The molecule has 0 radical (unpaired) electrons. The Hall–Kier alpha value is -2.63. The summed E-state index contributed by atoms with van der Waals surface area (Å²) in [5.74, 6) is -0.336. The van der Waals surface area contributed by atoms with E-state index in [0.29, 0.717) is 24.3 Å². The van der Waals surface area contributed by atoms with Crippen molar-refractivity contribution in [2.75, 3.05) is 0 Å². The van der Waals surface area contributed by atoms with Gasteiger partial charge in [0.05, 0.1) is 18.4 Å². The summed E-state index contributed by atoms with van der Waals surface area (Å²) < 4.78 is 15.4. The monoisotopic (exact) mass is 298 g/mol. The van der Waals surface area contributed by atoms with E-state index in [4.69, 9.17) is 0 Å². The summed E-state index contributed by atoms with van der Waals surface area (Å²) in [4.78, 5) is 17.5. The summed E-state index contributed by atoms with van der Waals surface area (Å²) in [6, 6.07) is 4.81. The van der Waals surface area contributed by atoms with Gasteiger partial charge in [0.15, 0.2) is 0 Å². The fraction of sp³-hybridized carbons (Fsp3) is 0.250. The van der Waals surface area contributed by atoms with Crippen molar-refractivity contribution in [2.24, 2.45) is 7.05 Å². The number of nitrogens with zero attached hydrogens (tertiary/aromatic N) is 3. The Morgan fingerprint density at radius 3 is 2.95 bits per heavy atom. The molecule has 1 aliphatic rings. The number of aromatic amines is 1. The van der Waals surface area contributed by atoms with Gasteiger partial charge in [0.2, 0.25) is 0 Å². The molecule has 4 rings (SSSR count). The molecule has 0 saturated heterocycles. The zero-order valence-electron chi connectivity index (χ0n) is 12.4. The Morgan fingerprint density at radius 2 is 2.18 bits per heavy atom. The van der Waals surface area contributed by atoms with Gasteiger partial charge in [0.25, 0.3) is 5.91 Å². The highest BCUT2D eigenvalue weighted by atomic mass is 19.1. The van der Waals surface area contributed by atoms with Crippen LogP contribution >= 0.6 is 0 Å². The number of aryl methyl sites for hydroxylation is 2. The summed E-state index contributed by atoms with van der Waals surface area (Å²) in [5.41, 5.74) is 3.97. The first kappa shape index (κ1) is 13.1. The Kier molecular flexibility index (Phi) is 2.63. The number of carbonyl (C=O) groups excluding carboxylic acids is 1. The van der Waals surface area contributed by atoms with E-state index in [-0.39, 0.29) is 11.7 Å². The maximum Gasteiger partial charge on any atom is 0.270 e. The topological polar surface area (TPSA) is 53.9 Å². The lowest BCUT2D eigenvalue weighted by atomic mass is 10.1. The number of carbonyl (C=O) groups is 1. The smallest absolute Gasteiger partial charge is 0.270 e. The predicted molar refractivity (Wildman–Crippen MR) is 79.8 cm³/mol. The standard InChI is InChI=1S/C16H15FN4O/c1-9-11-5-14(19-13(11)4-3-12(9)17)16(22)21-7-10-6-18-20(2)15(10)8-21/h3-6,19H,7-8H2,1-2H3. The van der Waals surface area contributed by atoms with E-state index in [9.17, 15) is 9.18 Å². The minimum Gasteiger partial charge on any atom is -0.351 e. The molecular formula is C16H15FN4O. The van der Waals surface area contributed by atoms with Gasteiger partial charge in [-0.05, 0) is 30.7 Å². The molecule has 1 amide bonds. The van der Waals surface area contributed by atoms with Crippen molar-refractivity contribution in [3.8, 4) is 0 Å². The van der Waals surface area contributed by atoms with Crippen molar-refractivity contribution in [3.05, 3.63) is 52.7 Å². The minimum atomic E-state index is -0.259. The van der Waals surface area contributed by atoms with E-state index in [2.05, 4.69) is 10.1 Å². The fourth-order valence-electron chi connectivity index (χ4n) is 3.04. The quantitative estimate of drug-likeness (QED) is 0.750. The van der Waals surface area contributed by atoms with E-state index in [1.54, 1.807) is 34.8 Å². The second-order valence-electron chi connectivity index (χ2n) is 5.72. The largest absolute Gasteiger partial charge is 0.351 e. The van der Waals surface area contributed by atoms with Crippen LogP contribution in [0.1, 0.15) is 27.3 Å². The maximum absolute atomic E-state index is 13.6. The highest BCUT2D eigenvalue weighted by Crippen LogP contribution is 2.26. The molecule has 0 fully saturated rings. The molecule has 0 spiro atoms. The fourth-order valence-corrected chi connectivity index (χ4v) is 3.04. The van der Waals surface area contributed by atoms with Crippen LogP contribution in [0.2, 0.25) is 0 Å². The Morgan fingerprint density at radius 1 is 1.36 bits per heavy atom. The second-order valence-corrected chi connectivity index (χ2v) is 5.72. The summed E-state index contributed by atoms with van der Waals surface area (Å²) in [7, 11) is 1.88. The first-order valence-electron chi connectivity index (χ1n) is 7.11. The van der Waals surface area contributed by atoms with Crippen LogP contribution in [0, 0.1) is 12.7 Å². The van der Waals surface area contributed by atoms with Gasteiger partial charge in [-0.2, -0.15) is 5.10 Å². The van der Waals surface area contributed by atoms with Crippen LogP contribution in [-0.2, 0) is 20.1 Å². The van der Waals surface area contributed by atoms with Gasteiger partial charge < -0.3 is 9.88 Å². The van der Waals surface area contributed by atoms with Crippen molar-refractivity contribution < 1.29 is 9.18 Å². The zero-order valence-corrected chi connectivity index (χ0v) is 12.4. The van der Waals surface area contributed by atoms with Crippen LogP contribution in [0.3, 0.4) is 0 Å². The van der Waals surface area contributed by atoms with Crippen LogP contribution in [0.15, 0.2) is 24.4 Å². The first-order valence-corrected chi connectivity index (χ1v) is 7.11. The normalized spacial score (nSPS) is 13.9. The lowest BCUT2D eigenvalue weighted by Gasteiger charge is -2.14. The second kappa shape index (κ2) is 4.43. The zero-order chi connectivity index (χ0) is 15.4. The van der Waals surface area contributed by atoms with E-state index in [1.165, 1.54) is 6.07 Å². The van der Waals surface area contributed by atoms with Crippen molar-refractivity contribution in [1.29, 1.82) is 0 Å². The lowest BCUT2D eigenvalue weighted by Crippen LogP contribution is -2.26. The number of nitrogens with one attached hydrogen (secondary N) is 1. The molecule has 1 aromatic carbocycles. The minimum absolute atomic E-state index is 0.0767. The molecule has 1 N–H and O–H groups in total. The van der Waals surface area contributed by atoms with Gasteiger partial charge in [-0.3, -0.25) is 9.48 Å². The van der Waals surface area contributed by atoms with Crippen LogP contribution in [-0.4, -0.2) is 25.6 Å². The SMILES string of the molecule is Cc1c(F)ccc2[nH]c(C(=O)N3Cc4cnn(C)c4C3)cc12. The highest BCUT2D eigenvalue weighted by Gasteiger charge is 2.28. The van der Waals surface area contributed by atoms with Crippen LogP contribution in [0.25, 0.3) is 10.9 Å². The Labute approximate surface area is 126 Å². The van der Waals surface area contributed by atoms with Crippen molar-refractivity contribution in [1.82, 2.24) is 19.7 Å². The van der Waals surface area contributed by atoms with Crippen LogP contribution < -0.4 is 0 Å². The predicted octanol–water partition coefficient (Wildman–Crippen LogP) is 2.50. The molecule has 1 aliphatic heterocycles. The highest BCUT2D eigenvalue weighted by molar-refractivity contribution is 5.99. The van der Waals surface area contributed by atoms with Gasteiger partial charge >= 0.3 is 0 Å². The molecule has 0 saturated carbocycles. The number of halogens is 1. The van der Waals surface area contributed by atoms with E-state index < -0.39 is 0 Å². The lowest BCUT2D eigenvalue weighted by molar-refractivity contribution is 0.0743. The molecule has 6 heteroatoms. The van der Waals surface area contributed by atoms with Crippen molar-refractivity contribution in [3.63, 3.8) is 0 Å². The average Bonchev–Trinajstić information content (AvgIpc) is 3.18. The van der Waals surface area contributed by atoms with Gasteiger partial charge in [0.1, 0.15) is 11.5 Å². The Bertz CT molecular complexity index is 908. The third kappa shape index (κ3) is 1.76. The van der Waals surface area contributed by atoms with E-state index in [0.717, 1.165) is 22.2 Å². The third-order valence-corrected chi connectivity index (χ3v) is 4.37. The van der Waals surface area contributed by atoms with Crippen molar-refractivity contribution >= 4 is 16.8 Å². The number of aromatic nitrogens is 3. The third-order valence-electron chi connectivity index (χ3n) is 4.37. The Balaban J connectivity index is 1.68. The molecular weight excluding hydrogens is 283 g/mol. The van der Waals surface area contributed by atoms with Gasteiger partial charge in [-0.15, -0.1) is 0 Å². The number of hydrogen-bond acceptors (Lipinski definition) is 2.